The quantitative estimate of drug-likeness (QED) is 0.817. The summed E-state index contributed by atoms with van der Waals surface area (Å²) in [5.41, 5.74) is 1.37. The van der Waals surface area contributed by atoms with E-state index in [1.165, 1.54) is 12.8 Å². The summed E-state index contributed by atoms with van der Waals surface area (Å²) in [6.45, 7) is 7.36. The maximum Gasteiger partial charge on any atom is 0.134 e. The van der Waals surface area contributed by atoms with E-state index in [0.29, 0.717) is 6.04 Å². The van der Waals surface area contributed by atoms with Crippen molar-refractivity contribution in [3.8, 4) is 0 Å². The average Bonchev–Trinajstić information content (AvgIpc) is 2.95. The van der Waals surface area contributed by atoms with E-state index in [4.69, 9.17) is 0 Å². The standard InChI is InChI=1S/C12H19N3/c1-9(2)14-8-10-4-7-13-11(15-10)12(3)5-6-12/h4,7,9,14H,5-6,8H2,1-3H3. The number of aromatic nitrogens is 2. The molecule has 0 amide bonds. The van der Waals surface area contributed by atoms with Crippen LogP contribution in [0.15, 0.2) is 12.3 Å². The Balaban J connectivity index is 2.06. The highest BCUT2D eigenvalue weighted by molar-refractivity contribution is 5.17. The molecule has 1 heterocycles. The zero-order valence-electron chi connectivity index (χ0n) is 9.75. The summed E-state index contributed by atoms with van der Waals surface area (Å²) in [5, 5.41) is 3.37. The van der Waals surface area contributed by atoms with Crippen LogP contribution in [-0.2, 0) is 12.0 Å². The Bertz CT molecular complexity index is 342. The second-order valence-corrected chi connectivity index (χ2v) is 4.97. The lowest BCUT2D eigenvalue weighted by Crippen LogP contribution is -2.23. The lowest BCUT2D eigenvalue weighted by atomic mass is 10.1. The number of hydrogen-bond acceptors (Lipinski definition) is 3. The van der Waals surface area contributed by atoms with Crippen LogP contribution < -0.4 is 5.32 Å². The van der Waals surface area contributed by atoms with Gasteiger partial charge in [0.15, 0.2) is 0 Å². The lowest BCUT2D eigenvalue weighted by molar-refractivity contribution is 0.575. The third-order valence-corrected chi connectivity index (χ3v) is 2.94. The molecule has 82 valence electrons. The SMILES string of the molecule is CC(C)NCc1ccnc(C2(C)CC2)n1. The summed E-state index contributed by atoms with van der Waals surface area (Å²) >= 11 is 0. The molecule has 0 saturated heterocycles. The van der Waals surface area contributed by atoms with Crippen molar-refractivity contribution in [2.24, 2.45) is 0 Å². The van der Waals surface area contributed by atoms with Crippen molar-refractivity contribution in [3.63, 3.8) is 0 Å². The molecular weight excluding hydrogens is 186 g/mol. The Morgan fingerprint density at radius 1 is 1.47 bits per heavy atom. The molecule has 1 N–H and O–H groups in total. The van der Waals surface area contributed by atoms with Crippen molar-refractivity contribution < 1.29 is 0 Å². The Hall–Kier alpha value is -0.960. The molecule has 0 aliphatic heterocycles. The van der Waals surface area contributed by atoms with Crippen molar-refractivity contribution in [1.82, 2.24) is 15.3 Å². The average molecular weight is 205 g/mol. The van der Waals surface area contributed by atoms with Gasteiger partial charge in [0, 0.05) is 24.2 Å². The van der Waals surface area contributed by atoms with Crippen LogP contribution in [-0.4, -0.2) is 16.0 Å². The van der Waals surface area contributed by atoms with Gasteiger partial charge in [-0.1, -0.05) is 20.8 Å². The summed E-state index contributed by atoms with van der Waals surface area (Å²) in [7, 11) is 0. The van der Waals surface area contributed by atoms with Crippen molar-refractivity contribution in [3.05, 3.63) is 23.8 Å². The first-order chi connectivity index (χ1) is 7.10. The molecule has 1 aromatic rings. The smallest absolute Gasteiger partial charge is 0.134 e. The molecule has 1 fully saturated rings. The molecule has 0 bridgehead atoms. The molecule has 0 unspecified atom stereocenters. The number of hydrogen-bond donors (Lipinski definition) is 1. The van der Waals surface area contributed by atoms with E-state index in [9.17, 15) is 0 Å². The minimum atomic E-state index is 0.272. The van der Waals surface area contributed by atoms with Crippen molar-refractivity contribution in [2.75, 3.05) is 0 Å². The largest absolute Gasteiger partial charge is 0.309 e. The highest BCUT2D eigenvalue weighted by Gasteiger charge is 2.41. The molecule has 3 heteroatoms. The van der Waals surface area contributed by atoms with Crippen LogP contribution >= 0.6 is 0 Å². The second kappa shape index (κ2) is 3.89. The Labute approximate surface area is 91.3 Å². The van der Waals surface area contributed by atoms with Crippen LogP contribution in [0.25, 0.3) is 0 Å². The molecule has 0 spiro atoms. The Kier molecular flexibility index (Phi) is 2.74. The van der Waals surface area contributed by atoms with Crippen LogP contribution in [0.1, 0.15) is 45.1 Å². The van der Waals surface area contributed by atoms with Gasteiger partial charge in [0.1, 0.15) is 5.82 Å². The van der Waals surface area contributed by atoms with Crippen LogP contribution in [0, 0.1) is 0 Å². The fraction of sp³-hybridized carbons (Fsp3) is 0.667. The third kappa shape index (κ3) is 2.53. The predicted octanol–water partition coefficient (Wildman–Crippen LogP) is 2.03. The van der Waals surface area contributed by atoms with Gasteiger partial charge in [-0.05, 0) is 18.9 Å². The molecule has 0 aromatic carbocycles. The van der Waals surface area contributed by atoms with Crippen molar-refractivity contribution in [2.45, 2.75) is 51.6 Å². The van der Waals surface area contributed by atoms with Gasteiger partial charge in [-0.25, -0.2) is 9.97 Å². The highest BCUT2D eigenvalue weighted by atomic mass is 15.0. The number of nitrogens with one attached hydrogen (secondary N) is 1. The third-order valence-electron chi connectivity index (χ3n) is 2.94. The molecule has 15 heavy (non-hydrogen) atoms. The molecular formula is C12H19N3. The Morgan fingerprint density at radius 3 is 2.80 bits per heavy atom. The first kappa shape index (κ1) is 10.6. The topological polar surface area (TPSA) is 37.8 Å². The van der Waals surface area contributed by atoms with Gasteiger partial charge < -0.3 is 5.32 Å². The van der Waals surface area contributed by atoms with Gasteiger partial charge in [0.2, 0.25) is 0 Å². The molecule has 1 aromatic heterocycles. The van der Waals surface area contributed by atoms with E-state index in [2.05, 4.69) is 36.1 Å². The van der Waals surface area contributed by atoms with E-state index in [0.717, 1.165) is 18.1 Å². The highest BCUT2D eigenvalue weighted by Crippen LogP contribution is 2.45. The predicted molar refractivity (Wildman–Crippen MR) is 60.6 cm³/mol. The van der Waals surface area contributed by atoms with Gasteiger partial charge in [0.25, 0.3) is 0 Å². The van der Waals surface area contributed by atoms with Gasteiger partial charge in [-0.2, -0.15) is 0 Å². The Morgan fingerprint density at radius 2 is 2.20 bits per heavy atom. The lowest BCUT2D eigenvalue weighted by Gasteiger charge is -2.10. The van der Waals surface area contributed by atoms with E-state index < -0.39 is 0 Å². The summed E-state index contributed by atoms with van der Waals surface area (Å²) < 4.78 is 0. The van der Waals surface area contributed by atoms with Gasteiger partial charge in [-0.3, -0.25) is 0 Å². The summed E-state index contributed by atoms with van der Waals surface area (Å²) in [6, 6.07) is 2.49. The van der Waals surface area contributed by atoms with Crippen LogP contribution in [0.3, 0.4) is 0 Å². The molecule has 1 aliphatic carbocycles. The van der Waals surface area contributed by atoms with Crippen LogP contribution in [0.5, 0.6) is 0 Å². The van der Waals surface area contributed by atoms with Gasteiger partial charge in [-0.15, -0.1) is 0 Å². The number of nitrogens with zero attached hydrogens (tertiary/aromatic N) is 2. The van der Waals surface area contributed by atoms with Gasteiger partial charge in [0.05, 0.1) is 5.69 Å². The normalized spacial score (nSPS) is 18.1. The van der Waals surface area contributed by atoms with Crippen molar-refractivity contribution in [1.29, 1.82) is 0 Å². The van der Waals surface area contributed by atoms with E-state index >= 15 is 0 Å². The van der Waals surface area contributed by atoms with Gasteiger partial charge >= 0.3 is 0 Å². The van der Waals surface area contributed by atoms with E-state index in [1.54, 1.807) is 0 Å². The first-order valence-electron chi connectivity index (χ1n) is 5.66. The van der Waals surface area contributed by atoms with Crippen LogP contribution in [0.4, 0.5) is 0 Å². The molecule has 0 atom stereocenters. The molecule has 1 aliphatic rings. The van der Waals surface area contributed by atoms with E-state index in [-0.39, 0.29) is 5.41 Å². The maximum absolute atomic E-state index is 4.60. The first-order valence-corrected chi connectivity index (χ1v) is 5.66. The maximum atomic E-state index is 4.60. The van der Waals surface area contributed by atoms with E-state index in [1.807, 2.05) is 12.3 Å². The summed E-state index contributed by atoms with van der Waals surface area (Å²) in [4.78, 5) is 8.97. The summed E-state index contributed by atoms with van der Waals surface area (Å²) in [5.74, 6) is 1.02. The minimum absolute atomic E-state index is 0.272. The molecule has 3 nitrogen and oxygen atoms in total. The molecule has 1 saturated carbocycles. The zero-order valence-corrected chi connectivity index (χ0v) is 9.75. The molecule has 2 rings (SSSR count). The monoisotopic (exact) mass is 205 g/mol. The number of rotatable bonds is 4. The second-order valence-electron chi connectivity index (χ2n) is 4.97. The fourth-order valence-corrected chi connectivity index (χ4v) is 1.51. The minimum Gasteiger partial charge on any atom is -0.309 e. The molecule has 0 radical (unpaired) electrons. The van der Waals surface area contributed by atoms with Crippen molar-refractivity contribution >= 4 is 0 Å². The fourth-order valence-electron chi connectivity index (χ4n) is 1.51. The zero-order chi connectivity index (χ0) is 10.9. The van der Waals surface area contributed by atoms with Crippen LogP contribution in [0.2, 0.25) is 0 Å². The summed E-state index contributed by atoms with van der Waals surface area (Å²) in [6.07, 6.45) is 4.34.